The highest BCUT2D eigenvalue weighted by Gasteiger charge is 2.26. The Balaban J connectivity index is 0.000000192. The number of benzene rings is 2. The van der Waals surface area contributed by atoms with Crippen molar-refractivity contribution in [2.45, 2.75) is 38.6 Å². The molecule has 186 valence electrons. The SMILES string of the molecule is COc1ccc(CCCN2CCCC2)cc1OC.NC(=O)C1CCN(Cc2ccc(Cl)cc2)C1. The largest absolute Gasteiger partial charge is 0.493 e. The first kappa shape index (κ1) is 26.3. The first-order valence-corrected chi connectivity index (χ1v) is 12.6. The van der Waals surface area contributed by atoms with Crippen molar-refractivity contribution in [2.75, 3.05) is 46.9 Å². The maximum atomic E-state index is 11.0. The van der Waals surface area contributed by atoms with Gasteiger partial charge in [0.2, 0.25) is 5.91 Å². The number of amides is 1. The Morgan fingerprint density at radius 2 is 1.65 bits per heavy atom. The molecule has 6 nitrogen and oxygen atoms in total. The summed E-state index contributed by atoms with van der Waals surface area (Å²) in [7, 11) is 3.36. The van der Waals surface area contributed by atoms with Gasteiger partial charge in [-0.25, -0.2) is 0 Å². The number of nitrogens with zero attached hydrogens (tertiary/aromatic N) is 2. The van der Waals surface area contributed by atoms with Crippen molar-refractivity contribution in [3.63, 3.8) is 0 Å². The Morgan fingerprint density at radius 1 is 0.971 bits per heavy atom. The summed E-state index contributed by atoms with van der Waals surface area (Å²) in [6.45, 7) is 6.36. The zero-order valence-electron chi connectivity index (χ0n) is 20.5. The van der Waals surface area contributed by atoms with E-state index in [1.807, 2.05) is 30.3 Å². The number of ether oxygens (including phenoxy) is 2. The Morgan fingerprint density at radius 3 is 2.26 bits per heavy atom. The lowest BCUT2D eigenvalue weighted by molar-refractivity contribution is -0.121. The van der Waals surface area contributed by atoms with Crippen LogP contribution in [0.1, 0.15) is 36.8 Å². The molecule has 0 aromatic heterocycles. The van der Waals surface area contributed by atoms with E-state index in [0.717, 1.165) is 49.0 Å². The molecule has 2 aliphatic rings. The van der Waals surface area contributed by atoms with Crippen LogP contribution in [-0.2, 0) is 17.8 Å². The molecule has 2 aromatic carbocycles. The Bertz CT molecular complexity index is 900. The molecule has 0 saturated carbocycles. The molecule has 0 radical (unpaired) electrons. The van der Waals surface area contributed by atoms with Gasteiger partial charge in [-0.05, 0) is 93.7 Å². The summed E-state index contributed by atoms with van der Waals surface area (Å²) in [4.78, 5) is 15.8. The third-order valence-electron chi connectivity index (χ3n) is 6.58. The highest BCUT2D eigenvalue weighted by atomic mass is 35.5. The van der Waals surface area contributed by atoms with Crippen LogP contribution in [0, 0.1) is 5.92 Å². The molecule has 2 N–H and O–H groups in total. The van der Waals surface area contributed by atoms with Gasteiger partial charge in [0.1, 0.15) is 0 Å². The number of carbonyl (C=O) groups excluding carboxylic acids is 1. The topological polar surface area (TPSA) is 68.0 Å². The van der Waals surface area contributed by atoms with Gasteiger partial charge in [-0.3, -0.25) is 9.69 Å². The predicted molar refractivity (Wildman–Crippen MR) is 138 cm³/mol. The Kier molecular flexibility index (Phi) is 10.5. The maximum absolute atomic E-state index is 11.0. The predicted octanol–water partition coefficient (Wildman–Crippen LogP) is 4.38. The lowest BCUT2D eigenvalue weighted by Crippen LogP contribution is -2.27. The third-order valence-corrected chi connectivity index (χ3v) is 6.83. The smallest absolute Gasteiger partial charge is 0.221 e. The summed E-state index contributed by atoms with van der Waals surface area (Å²) in [6.07, 6.45) is 5.95. The molecule has 1 unspecified atom stereocenters. The fourth-order valence-corrected chi connectivity index (χ4v) is 4.73. The fourth-order valence-electron chi connectivity index (χ4n) is 4.61. The average molecular weight is 488 g/mol. The number of nitrogens with two attached hydrogens (primary N) is 1. The minimum atomic E-state index is -0.182. The molecule has 2 heterocycles. The van der Waals surface area contributed by atoms with Crippen LogP contribution in [0.15, 0.2) is 42.5 Å². The number of carbonyl (C=O) groups is 1. The summed E-state index contributed by atoms with van der Waals surface area (Å²) < 4.78 is 10.6. The van der Waals surface area contributed by atoms with E-state index in [0.29, 0.717) is 0 Å². The van der Waals surface area contributed by atoms with Crippen LogP contribution >= 0.6 is 11.6 Å². The van der Waals surface area contributed by atoms with Crippen LogP contribution in [-0.4, -0.2) is 62.7 Å². The van der Waals surface area contributed by atoms with E-state index in [1.54, 1.807) is 14.2 Å². The number of primary amides is 1. The Hall–Kier alpha value is -2.28. The lowest BCUT2D eigenvalue weighted by atomic mass is 10.1. The van der Waals surface area contributed by atoms with Crippen molar-refractivity contribution < 1.29 is 14.3 Å². The van der Waals surface area contributed by atoms with Crippen molar-refractivity contribution in [2.24, 2.45) is 11.7 Å². The molecule has 2 aromatic rings. The van der Waals surface area contributed by atoms with Crippen molar-refractivity contribution in [3.05, 3.63) is 58.6 Å². The lowest BCUT2D eigenvalue weighted by Gasteiger charge is -2.15. The number of methoxy groups -OCH3 is 2. The molecule has 0 spiro atoms. The van der Waals surface area contributed by atoms with Gasteiger partial charge >= 0.3 is 0 Å². The average Bonchev–Trinajstić information content (AvgIpc) is 3.53. The highest BCUT2D eigenvalue weighted by molar-refractivity contribution is 6.30. The van der Waals surface area contributed by atoms with Crippen LogP contribution in [0.25, 0.3) is 0 Å². The van der Waals surface area contributed by atoms with Gasteiger partial charge in [0.05, 0.1) is 20.1 Å². The molecular formula is C27H38ClN3O3. The molecule has 34 heavy (non-hydrogen) atoms. The summed E-state index contributed by atoms with van der Waals surface area (Å²) >= 11 is 5.82. The van der Waals surface area contributed by atoms with Gasteiger partial charge in [0.25, 0.3) is 0 Å². The van der Waals surface area contributed by atoms with E-state index in [-0.39, 0.29) is 11.8 Å². The third kappa shape index (κ3) is 8.19. The van der Waals surface area contributed by atoms with Gasteiger partial charge in [0.15, 0.2) is 11.5 Å². The van der Waals surface area contributed by atoms with Crippen LogP contribution < -0.4 is 15.2 Å². The second-order valence-electron chi connectivity index (χ2n) is 9.09. The van der Waals surface area contributed by atoms with Crippen LogP contribution in [0.2, 0.25) is 5.02 Å². The molecule has 2 saturated heterocycles. The number of halogens is 1. The zero-order chi connectivity index (χ0) is 24.3. The summed E-state index contributed by atoms with van der Waals surface area (Å²) in [5.41, 5.74) is 7.83. The van der Waals surface area contributed by atoms with Crippen LogP contribution in [0.4, 0.5) is 0 Å². The maximum Gasteiger partial charge on any atom is 0.221 e. The number of hydrogen-bond acceptors (Lipinski definition) is 5. The quantitative estimate of drug-likeness (QED) is 0.568. The Labute approximate surface area is 209 Å². The van der Waals surface area contributed by atoms with Crippen molar-refractivity contribution in [1.29, 1.82) is 0 Å². The number of rotatable bonds is 9. The van der Waals surface area contributed by atoms with E-state index >= 15 is 0 Å². The molecule has 0 aliphatic carbocycles. The minimum absolute atomic E-state index is 0.0206. The van der Waals surface area contributed by atoms with E-state index in [9.17, 15) is 4.79 Å². The second kappa shape index (κ2) is 13.6. The van der Waals surface area contributed by atoms with Crippen molar-refractivity contribution >= 4 is 17.5 Å². The molecular weight excluding hydrogens is 450 g/mol. The van der Waals surface area contributed by atoms with Crippen molar-refractivity contribution in [3.8, 4) is 11.5 Å². The summed E-state index contributed by atoms with van der Waals surface area (Å²) in [5.74, 6) is 1.47. The molecule has 2 fully saturated rings. The zero-order valence-corrected chi connectivity index (χ0v) is 21.2. The first-order valence-electron chi connectivity index (χ1n) is 12.2. The molecule has 1 atom stereocenters. The van der Waals surface area contributed by atoms with Gasteiger partial charge in [-0.1, -0.05) is 29.8 Å². The normalized spacial score (nSPS) is 18.4. The molecule has 1 amide bonds. The molecule has 2 aliphatic heterocycles. The monoisotopic (exact) mass is 487 g/mol. The van der Waals surface area contributed by atoms with Gasteiger partial charge < -0.3 is 20.1 Å². The minimum Gasteiger partial charge on any atom is -0.493 e. The standard InChI is InChI=1S/C15H23NO2.C12H15ClN2O/c1-17-14-8-7-13(12-15(14)18-2)6-5-11-16-9-3-4-10-16;13-11-3-1-9(2-4-11)7-15-6-5-10(8-15)12(14)16/h7-8,12H,3-6,9-11H2,1-2H3;1-4,10H,5-8H2,(H2,14,16). The number of likely N-dealkylation sites (tertiary alicyclic amines) is 2. The van der Waals surface area contributed by atoms with Gasteiger partial charge in [-0.15, -0.1) is 0 Å². The van der Waals surface area contributed by atoms with Crippen LogP contribution in [0.5, 0.6) is 11.5 Å². The number of aryl methyl sites for hydroxylation is 1. The van der Waals surface area contributed by atoms with Crippen molar-refractivity contribution in [1.82, 2.24) is 9.80 Å². The fraction of sp³-hybridized carbons (Fsp3) is 0.519. The second-order valence-corrected chi connectivity index (χ2v) is 9.53. The van der Waals surface area contributed by atoms with E-state index in [4.69, 9.17) is 26.8 Å². The molecule has 0 bridgehead atoms. The molecule has 7 heteroatoms. The van der Waals surface area contributed by atoms with E-state index in [1.165, 1.54) is 50.0 Å². The molecule has 4 rings (SSSR count). The van der Waals surface area contributed by atoms with E-state index in [2.05, 4.69) is 21.9 Å². The van der Waals surface area contributed by atoms with Gasteiger partial charge in [-0.2, -0.15) is 0 Å². The van der Waals surface area contributed by atoms with E-state index < -0.39 is 0 Å². The summed E-state index contributed by atoms with van der Waals surface area (Å²) in [6, 6.07) is 14.0. The first-order chi connectivity index (χ1) is 16.5. The summed E-state index contributed by atoms with van der Waals surface area (Å²) in [5, 5.41) is 0.750. The highest BCUT2D eigenvalue weighted by Crippen LogP contribution is 2.28. The number of hydrogen-bond donors (Lipinski definition) is 1. The van der Waals surface area contributed by atoms with Gasteiger partial charge in [0, 0.05) is 18.1 Å². The van der Waals surface area contributed by atoms with Crippen LogP contribution in [0.3, 0.4) is 0 Å².